The van der Waals surface area contributed by atoms with Crippen LogP contribution in [0.4, 0.5) is 17.1 Å². The molecule has 0 fully saturated rings. The number of hydrogen-bond acceptors (Lipinski definition) is 6. The molecule has 0 radical (unpaired) electrons. The van der Waals surface area contributed by atoms with Crippen molar-refractivity contribution < 1.29 is 13.3 Å². The number of rotatable bonds is 6. The summed E-state index contributed by atoms with van der Waals surface area (Å²) in [6, 6.07) is 10.1. The minimum atomic E-state index is -3.69. The van der Waals surface area contributed by atoms with Crippen LogP contribution in [-0.4, -0.2) is 33.7 Å². The van der Waals surface area contributed by atoms with E-state index in [9.17, 15) is 18.5 Å². The van der Waals surface area contributed by atoms with Crippen molar-refractivity contribution in [3.8, 4) is 0 Å². The summed E-state index contributed by atoms with van der Waals surface area (Å²) in [7, 11) is 0.243. The lowest BCUT2D eigenvalue weighted by atomic mass is 10.1. The zero-order valence-corrected chi connectivity index (χ0v) is 15.4. The second kappa shape index (κ2) is 7.10. The van der Waals surface area contributed by atoms with Crippen LogP contribution in [0.25, 0.3) is 0 Å². The van der Waals surface area contributed by atoms with Crippen LogP contribution in [0.1, 0.15) is 11.1 Å². The van der Waals surface area contributed by atoms with Crippen molar-refractivity contribution in [2.75, 3.05) is 30.6 Å². The smallest absolute Gasteiger partial charge is 0.288 e. The van der Waals surface area contributed by atoms with Crippen molar-refractivity contribution in [3.05, 3.63) is 57.6 Å². The fraction of sp³-hybridized carbons (Fsp3) is 0.294. The number of hydrogen-bond donors (Lipinski definition) is 1. The van der Waals surface area contributed by atoms with Crippen LogP contribution >= 0.6 is 0 Å². The Kier molecular flexibility index (Phi) is 5.32. The molecule has 0 aliphatic heterocycles. The number of sulfone groups is 1. The molecule has 2 rings (SSSR count). The summed E-state index contributed by atoms with van der Waals surface area (Å²) in [5, 5.41) is 14.1. The molecule has 7 nitrogen and oxygen atoms in total. The number of nitro groups is 1. The Morgan fingerprint density at radius 2 is 1.84 bits per heavy atom. The van der Waals surface area contributed by atoms with Gasteiger partial charge in [0, 0.05) is 44.3 Å². The standard InChI is InChI=1S/C17H21N3O4S/c1-12-9-15(19(2)3)7-5-13(12)11-18-14-6-8-16(20(21)22)17(10-14)25(4,23)24/h5-10,18H,11H2,1-4H3. The van der Waals surface area contributed by atoms with Crippen molar-refractivity contribution in [1.29, 1.82) is 0 Å². The zero-order chi connectivity index (χ0) is 18.8. The van der Waals surface area contributed by atoms with Gasteiger partial charge in [0.05, 0.1) is 4.92 Å². The molecular weight excluding hydrogens is 342 g/mol. The largest absolute Gasteiger partial charge is 0.381 e. The van der Waals surface area contributed by atoms with E-state index in [1.54, 1.807) is 0 Å². The number of nitro benzene ring substituents is 1. The highest BCUT2D eigenvalue weighted by atomic mass is 32.2. The van der Waals surface area contributed by atoms with Gasteiger partial charge in [0.2, 0.25) is 0 Å². The normalized spacial score (nSPS) is 11.2. The van der Waals surface area contributed by atoms with Gasteiger partial charge in [0.1, 0.15) is 4.90 Å². The zero-order valence-electron chi connectivity index (χ0n) is 14.6. The summed E-state index contributed by atoms with van der Waals surface area (Å²) in [4.78, 5) is 12.0. The van der Waals surface area contributed by atoms with Crippen molar-refractivity contribution in [2.45, 2.75) is 18.4 Å². The van der Waals surface area contributed by atoms with E-state index in [-0.39, 0.29) is 4.90 Å². The molecule has 0 spiro atoms. The quantitative estimate of drug-likeness (QED) is 0.626. The van der Waals surface area contributed by atoms with Gasteiger partial charge in [-0.25, -0.2) is 8.42 Å². The second-order valence-electron chi connectivity index (χ2n) is 6.07. The first-order chi connectivity index (χ1) is 11.6. The first-order valence-corrected chi connectivity index (χ1v) is 9.48. The number of aryl methyl sites for hydroxylation is 1. The predicted octanol–water partition coefficient (Wildman–Crippen LogP) is 2.98. The van der Waals surface area contributed by atoms with Crippen molar-refractivity contribution in [3.63, 3.8) is 0 Å². The van der Waals surface area contributed by atoms with Crippen LogP contribution in [0.2, 0.25) is 0 Å². The number of benzene rings is 2. The molecule has 8 heteroatoms. The molecule has 1 N–H and O–H groups in total. The SMILES string of the molecule is Cc1cc(N(C)C)ccc1CNc1ccc([N+](=O)[O-])c(S(C)(=O)=O)c1. The number of nitrogens with zero attached hydrogens (tertiary/aromatic N) is 2. The number of nitrogens with one attached hydrogen (secondary N) is 1. The average Bonchev–Trinajstić information content (AvgIpc) is 2.52. The third-order valence-corrected chi connectivity index (χ3v) is 5.01. The monoisotopic (exact) mass is 363 g/mol. The maximum Gasteiger partial charge on any atom is 0.288 e. The van der Waals surface area contributed by atoms with Crippen molar-refractivity contribution in [2.24, 2.45) is 0 Å². The fourth-order valence-electron chi connectivity index (χ4n) is 2.43. The van der Waals surface area contributed by atoms with Gasteiger partial charge in [-0.05, 0) is 42.3 Å². The average molecular weight is 363 g/mol. The lowest BCUT2D eigenvalue weighted by Crippen LogP contribution is -2.10. The van der Waals surface area contributed by atoms with Gasteiger partial charge in [0.15, 0.2) is 9.84 Å². The van der Waals surface area contributed by atoms with Gasteiger partial charge in [0.25, 0.3) is 5.69 Å². The summed E-state index contributed by atoms with van der Waals surface area (Å²) in [6.45, 7) is 2.49. The lowest BCUT2D eigenvalue weighted by molar-refractivity contribution is -0.387. The lowest BCUT2D eigenvalue weighted by Gasteiger charge is -2.16. The Hall–Kier alpha value is -2.61. The molecule has 25 heavy (non-hydrogen) atoms. The Bertz CT molecular complexity index is 908. The van der Waals surface area contributed by atoms with E-state index in [1.165, 1.54) is 18.2 Å². The highest BCUT2D eigenvalue weighted by molar-refractivity contribution is 7.90. The van der Waals surface area contributed by atoms with Gasteiger partial charge in [-0.1, -0.05) is 6.07 Å². The molecule has 2 aromatic rings. The third kappa shape index (κ3) is 4.48. The second-order valence-corrected chi connectivity index (χ2v) is 8.05. The minimum absolute atomic E-state index is 0.290. The Labute approximate surface area is 147 Å². The van der Waals surface area contributed by atoms with Gasteiger partial charge in [-0.3, -0.25) is 10.1 Å². The molecule has 0 aliphatic rings. The highest BCUT2D eigenvalue weighted by Crippen LogP contribution is 2.27. The Morgan fingerprint density at radius 1 is 1.16 bits per heavy atom. The van der Waals surface area contributed by atoms with Crippen LogP contribution in [0.3, 0.4) is 0 Å². The maximum atomic E-state index is 11.8. The molecule has 0 bridgehead atoms. The summed E-state index contributed by atoms with van der Waals surface area (Å²) in [5.74, 6) is 0. The molecule has 0 aliphatic carbocycles. The van der Waals surface area contributed by atoms with Gasteiger partial charge in [-0.15, -0.1) is 0 Å². The first-order valence-electron chi connectivity index (χ1n) is 7.59. The van der Waals surface area contributed by atoms with Crippen LogP contribution in [0.5, 0.6) is 0 Å². The first kappa shape index (κ1) is 18.7. The molecule has 134 valence electrons. The van der Waals surface area contributed by atoms with E-state index in [0.717, 1.165) is 23.1 Å². The van der Waals surface area contributed by atoms with Crippen LogP contribution < -0.4 is 10.2 Å². The molecular formula is C17H21N3O4S. The fourth-order valence-corrected chi connectivity index (χ4v) is 3.29. The summed E-state index contributed by atoms with van der Waals surface area (Å²) in [6.07, 6.45) is 0.962. The summed E-state index contributed by atoms with van der Waals surface area (Å²) >= 11 is 0. The van der Waals surface area contributed by atoms with Gasteiger partial charge < -0.3 is 10.2 Å². The molecule has 0 atom stereocenters. The minimum Gasteiger partial charge on any atom is -0.381 e. The Balaban J connectivity index is 2.26. The highest BCUT2D eigenvalue weighted by Gasteiger charge is 2.22. The summed E-state index contributed by atoms with van der Waals surface area (Å²) < 4.78 is 23.6. The van der Waals surface area contributed by atoms with Crippen LogP contribution in [-0.2, 0) is 16.4 Å². The van der Waals surface area contributed by atoms with E-state index in [0.29, 0.717) is 12.2 Å². The van der Waals surface area contributed by atoms with Gasteiger partial charge >= 0.3 is 0 Å². The number of anilines is 2. The van der Waals surface area contributed by atoms with E-state index in [4.69, 9.17) is 0 Å². The molecule has 0 amide bonds. The topological polar surface area (TPSA) is 92.5 Å². The molecule has 0 aromatic heterocycles. The van der Waals surface area contributed by atoms with E-state index in [1.807, 2.05) is 38.1 Å². The molecule has 0 unspecified atom stereocenters. The summed E-state index contributed by atoms with van der Waals surface area (Å²) in [5.41, 5.74) is 3.35. The van der Waals surface area contributed by atoms with E-state index < -0.39 is 20.4 Å². The van der Waals surface area contributed by atoms with E-state index >= 15 is 0 Å². The Morgan fingerprint density at radius 3 is 2.36 bits per heavy atom. The van der Waals surface area contributed by atoms with Crippen LogP contribution in [0.15, 0.2) is 41.3 Å². The third-order valence-electron chi connectivity index (χ3n) is 3.88. The van der Waals surface area contributed by atoms with Crippen LogP contribution in [0, 0.1) is 17.0 Å². The van der Waals surface area contributed by atoms with E-state index in [2.05, 4.69) is 11.4 Å². The molecule has 2 aromatic carbocycles. The molecule has 0 saturated heterocycles. The molecule has 0 heterocycles. The van der Waals surface area contributed by atoms with Crippen molar-refractivity contribution in [1.82, 2.24) is 0 Å². The van der Waals surface area contributed by atoms with Gasteiger partial charge in [-0.2, -0.15) is 0 Å². The maximum absolute atomic E-state index is 11.8. The predicted molar refractivity (Wildman–Crippen MR) is 99.0 cm³/mol. The van der Waals surface area contributed by atoms with Crippen molar-refractivity contribution >= 4 is 26.9 Å². The molecule has 0 saturated carbocycles.